The Morgan fingerprint density at radius 1 is 0.727 bits per heavy atom. The fraction of sp³-hybridized carbons (Fsp3) is 0.265. The van der Waals surface area contributed by atoms with Crippen molar-refractivity contribution in [3.05, 3.63) is 131 Å². The zero-order chi connectivity index (χ0) is 45.8. The molecule has 0 aliphatic carbocycles. The second-order valence-corrected chi connectivity index (χ2v) is 16.9. The third-order valence-corrected chi connectivity index (χ3v) is 13.1. The van der Waals surface area contributed by atoms with Gasteiger partial charge in [-0.2, -0.15) is 10.2 Å². The Balaban J connectivity index is 0.903. The summed E-state index contributed by atoms with van der Waals surface area (Å²) in [7, 11) is 5.08. The number of aromatic nitrogens is 6. The number of anilines is 4. The second-order valence-electron chi connectivity index (χ2n) is 16.9. The van der Waals surface area contributed by atoms with E-state index in [0.717, 1.165) is 76.3 Å². The van der Waals surface area contributed by atoms with Crippen molar-refractivity contribution in [3.63, 3.8) is 0 Å². The van der Waals surface area contributed by atoms with Crippen molar-refractivity contribution in [2.45, 2.75) is 25.7 Å². The van der Waals surface area contributed by atoms with Crippen LogP contribution in [0.15, 0.2) is 108 Å². The molecule has 4 aromatic carbocycles. The molecule has 0 radical (unpaired) electrons. The highest BCUT2D eigenvalue weighted by atomic mass is 16.2. The molecule has 0 bridgehead atoms. The average Bonchev–Trinajstić information content (AvgIpc) is 4.01. The molecule has 3 saturated heterocycles. The molecule has 7 aromatic rings. The smallest absolute Gasteiger partial charge is 0.350 e. The molecule has 0 spiro atoms. The van der Waals surface area contributed by atoms with Gasteiger partial charge in [-0.05, 0) is 108 Å². The van der Waals surface area contributed by atoms with E-state index in [4.69, 9.17) is 10.1 Å². The zero-order valence-electron chi connectivity index (χ0n) is 37.1. The van der Waals surface area contributed by atoms with Crippen molar-refractivity contribution in [2.75, 3.05) is 65.9 Å². The first kappa shape index (κ1) is 41.9. The number of nitrogens with one attached hydrogen (secondary N) is 2. The van der Waals surface area contributed by atoms with Gasteiger partial charge in [0.25, 0.3) is 5.91 Å². The molecule has 5 amide bonds. The predicted octanol–water partition coefficient (Wildman–Crippen LogP) is 5.15. The molecule has 2 N–H and O–H groups in total. The summed E-state index contributed by atoms with van der Waals surface area (Å²) < 4.78 is 4.64. The van der Waals surface area contributed by atoms with Gasteiger partial charge in [-0.15, -0.1) is 0 Å². The molecule has 1 unspecified atom stereocenters. The number of carbonyl (C=O) groups is 4. The maximum atomic E-state index is 14.0. The Hall–Kier alpha value is -8.08. The second kappa shape index (κ2) is 16.8. The molecule has 17 nitrogen and oxygen atoms in total. The standard InChI is InChI=1S/C49H48N12O5/c1-30-37(18-19-51-45(30)60-25-24-59(49(60)66)35-7-5-6-32(26-35)46(63)50-2)38-14-13-36(61-29-52-56(4)48(61)65)27-41(38)31-8-10-33(11-9-31)57-20-22-58(23-21-57)34-12-15-39-42(28-34)55(3)54-44(39)40-16-17-43(62)53-47(40)64/h5-15,18-19,26-29,40H,16-17,20-25H2,1-4H3,(H,50,63)(H,53,62,64). The Labute approximate surface area is 379 Å². The normalized spacial score (nSPS) is 16.7. The number of fused-ring (bicyclic) bond motifs is 1. The minimum absolute atomic E-state index is 0.226. The highest BCUT2D eigenvalue weighted by Gasteiger charge is 2.34. The van der Waals surface area contributed by atoms with Crippen LogP contribution >= 0.6 is 0 Å². The summed E-state index contributed by atoms with van der Waals surface area (Å²) in [6.07, 6.45) is 4.00. The van der Waals surface area contributed by atoms with E-state index in [-0.39, 0.29) is 29.4 Å². The Morgan fingerprint density at radius 3 is 2.18 bits per heavy atom. The number of rotatable bonds is 9. The van der Waals surface area contributed by atoms with Crippen LogP contribution in [0.5, 0.6) is 0 Å². The summed E-state index contributed by atoms with van der Waals surface area (Å²) in [5.74, 6) is -0.657. The van der Waals surface area contributed by atoms with Gasteiger partial charge in [0.05, 0.1) is 22.8 Å². The Morgan fingerprint density at radius 2 is 1.45 bits per heavy atom. The van der Waals surface area contributed by atoms with Gasteiger partial charge in [0, 0.05) is 101 Å². The van der Waals surface area contributed by atoms with Gasteiger partial charge >= 0.3 is 11.7 Å². The van der Waals surface area contributed by atoms with Crippen LogP contribution in [0.4, 0.5) is 27.7 Å². The number of carbonyl (C=O) groups excluding carboxylic acids is 4. The summed E-state index contributed by atoms with van der Waals surface area (Å²) in [6, 6.07) is 29.4. The fourth-order valence-corrected chi connectivity index (χ4v) is 9.49. The highest BCUT2D eigenvalue weighted by Crippen LogP contribution is 2.39. The molecule has 3 aliphatic rings. The van der Waals surface area contributed by atoms with Crippen molar-refractivity contribution in [3.8, 4) is 27.9 Å². The average molecular weight is 885 g/mol. The number of pyridine rings is 1. The van der Waals surface area contributed by atoms with E-state index in [1.807, 2.05) is 55.1 Å². The van der Waals surface area contributed by atoms with Crippen molar-refractivity contribution in [1.29, 1.82) is 0 Å². The molecule has 0 saturated carbocycles. The zero-order valence-corrected chi connectivity index (χ0v) is 37.1. The fourth-order valence-electron chi connectivity index (χ4n) is 9.49. The SMILES string of the molecule is CNC(=O)c1cccc(N2CCN(c3nccc(-c4ccc(-n5cnn(C)c5=O)cc4-c4ccc(N5CCN(c6ccc7c(C8CCC(=O)NC8=O)nn(C)c7c6)CC5)cc4)c3C)C2=O)c1. The van der Waals surface area contributed by atoms with E-state index in [1.165, 1.54) is 15.6 Å². The third kappa shape index (κ3) is 7.41. The summed E-state index contributed by atoms with van der Waals surface area (Å²) in [5, 5.41) is 14.9. The van der Waals surface area contributed by atoms with E-state index in [0.29, 0.717) is 54.4 Å². The third-order valence-electron chi connectivity index (χ3n) is 13.1. The van der Waals surface area contributed by atoms with E-state index < -0.39 is 5.92 Å². The van der Waals surface area contributed by atoms with Crippen LogP contribution in [-0.4, -0.2) is 99.2 Å². The first-order valence-corrected chi connectivity index (χ1v) is 22.0. The number of imide groups is 1. The quantitative estimate of drug-likeness (QED) is 0.185. The van der Waals surface area contributed by atoms with E-state index >= 15 is 0 Å². The molecular weight excluding hydrogens is 837 g/mol. The number of piperidine rings is 1. The highest BCUT2D eigenvalue weighted by molar-refractivity contribution is 6.07. The van der Waals surface area contributed by atoms with Crippen molar-refractivity contribution < 1.29 is 19.2 Å². The van der Waals surface area contributed by atoms with Crippen LogP contribution in [0, 0.1) is 6.92 Å². The summed E-state index contributed by atoms with van der Waals surface area (Å²) in [5.41, 5.74) is 9.81. The number of nitrogens with zero attached hydrogens (tertiary/aromatic N) is 10. The van der Waals surface area contributed by atoms with Crippen molar-refractivity contribution >= 4 is 57.5 Å². The Bertz CT molecular complexity index is 3140. The van der Waals surface area contributed by atoms with Crippen LogP contribution in [0.1, 0.15) is 40.4 Å². The molecule has 3 fully saturated rings. The van der Waals surface area contributed by atoms with Gasteiger partial charge in [0.15, 0.2) is 0 Å². The summed E-state index contributed by atoms with van der Waals surface area (Å²) in [4.78, 5) is 76.7. The lowest BCUT2D eigenvalue weighted by Crippen LogP contribution is -2.46. The van der Waals surface area contributed by atoms with Gasteiger partial charge in [-0.1, -0.05) is 24.3 Å². The molecule has 3 aromatic heterocycles. The Kier molecular flexibility index (Phi) is 10.7. The van der Waals surface area contributed by atoms with E-state index in [9.17, 15) is 24.0 Å². The molecular formula is C49H48N12O5. The minimum Gasteiger partial charge on any atom is -0.368 e. The van der Waals surface area contributed by atoms with Crippen LogP contribution < -0.4 is 35.9 Å². The van der Waals surface area contributed by atoms with Crippen LogP contribution in [0.25, 0.3) is 38.8 Å². The topological polar surface area (TPSA) is 176 Å². The predicted molar refractivity (Wildman–Crippen MR) is 252 cm³/mol. The molecule has 334 valence electrons. The number of amides is 5. The van der Waals surface area contributed by atoms with Gasteiger partial charge in [0.1, 0.15) is 12.1 Å². The van der Waals surface area contributed by atoms with Crippen molar-refractivity contribution in [2.24, 2.45) is 14.1 Å². The first-order chi connectivity index (χ1) is 32.0. The molecule has 10 rings (SSSR count). The lowest BCUT2D eigenvalue weighted by molar-refractivity contribution is -0.134. The molecule has 66 heavy (non-hydrogen) atoms. The van der Waals surface area contributed by atoms with E-state index in [2.05, 4.69) is 61.9 Å². The van der Waals surface area contributed by atoms with Crippen LogP contribution in [0.2, 0.25) is 0 Å². The number of hydrogen-bond donors (Lipinski definition) is 2. The summed E-state index contributed by atoms with van der Waals surface area (Å²) >= 11 is 0. The maximum absolute atomic E-state index is 14.0. The van der Waals surface area contributed by atoms with Gasteiger partial charge in [-0.25, -0.2) is 23.8 Å². The van der Waals surface area contributed by atoms with Gasteiger partial charge in [-0.3, -0.25) is 34.2 Å². The maximum Gasteiger partial charge on any atom is 0.350 e. The van der Waals surface area contributed by atoms with Gasteiger partial charge in [0.2, 0.25) is 11.8 Å². The number of aryl methyl sites for hydroxylation is 2. The monoisotopic (exact) mass is 884 g/mol. The molecule has 3 aliphatic heterocycles. The lowest BCUT2D eigenvalue weighted by Gasteiger charge is -2.37. The number of urea groups is 1. The first-order valence-electron chi connectivity index (χ1n) is 22.0. The summed E-state index contributed by atoms with van der Waals surface area (Å²) in [6.45, 7) is 6.04. The van der Waals surface area contributed by atoms with Crippen LogP contribution in [0.3, 0.4) is 0 Å². The van der Waals surface area contributed by atoms with Crippen LogP contribution in [-0.2, 0) is 23.7 Å². The number of hydrogen-bond acceptors (Lipinski definition) is 10. The van der Waals surface area contributed by atoms with E-state index in [1.54, 1.807) is 48.3 Å². The largest absolute Gasteiger partial charge is 0.368 e. The van der Waals surface area contributed by atoms with Gasteiger partial charge < -0.3 is 15.1 Å². The molecule has 17 heteroatoms. The molecule has 6 heterocycles. The number of piperazine rings is 1. The number of benzene rings is 4. The van der Waals surface area contributed by atoms with Crippen molar-refractivity contribution in [1.82, 2.24) is 39.7 Å². The molecule has 1 atom stereocenters. The lowest BCUT2D eigenvalue weighted by atomic mass is 9.92. The minimum atomic E-state index is -0.450.